The molecule has 10 heteroatoms. The van der Waals surface area contributed by atoms with Crippen LogP contribution in [0.25, 0.3) is 5.69 Å². The average molecular weight is 342 g/mol. The van der Waals surface area contributed by atoms with Crippen molar-refractivity contribution < 1.29 is 18.7 Å². The Labute approximate surface area is 136 Å². The number of benzene rings is 1. The van der Waals surface area contributed by atoms with Crippen LogP contribution in [0, 0.1) is 5.82 Å². The largest absolute Gasteiger partial charge is 0.442 e. The average Bonchev–Trinajstić information content (AvgIpc) is 3.14. The van der Waals surface area contributed by atoms with Gasteiger partial charge in [0, 0.05) is 0 Å². The van der Waals surface area contributed by atoms with E-state index >= 15 is 0 Å². The summed E-state index contributed by atoms with van der Waals surface area (Å²) in [6.45, 7) is 0.451. The second-order valence-corrected chi connectivity index (χ2v) is 4.62. The second kappa shape index (κ2) is 7.05. The highest BCUT2D eigenvalue weighted by Gasteiger charge is 2.32. The molecule has 1 atom stereocenters. The van der Waals surface area contributed by atoms with Crippen LogP contribution in [0.2, 0.25) is 0 Å². The predicted octanol–water partition coefficient (Wildman–Crippen LogP) is 0.899. The summed E-state index contributed by atoms with van der Waals surface area (Å²) in [5.74, 6) is -0.537. The molecule has 1 fully saturated rings. The molecule has 0 saturated carbocycles. The van der Waals surface area contributed by atoms with Crippen molar-refractivity contribution in [2.45, 2.75) is 6.10 Å². The molecule has 1 N–H and O–H groups in total. The van der Waals surface area contributed by atoms with E-state index in [4.69, 9.17) is 4.74 Å². The van der Waals surface area contributed by atoms with Gasteiger partial charge < -0.3 is 10.1 Å². The molecule has 1 saturated heterocycles. The van der Waals surface area contributed by atoms with E-state index in [-0.39, 0.29) is 31.2 Å². The van der Waals surface area contributed by atoms with E-state index in [0.717, 1.165) is 0 Å². The van der Waals surface area contributed by atoms with Crippen LogP contribution in [-0.4, -0.2) is 46.5 Å². The molecule has 0 spiro atoms. The molecule has 0 radical (unpaired) electrons. The number of anilines is 1. The van der Waals surface area contributed by atoms with Crippen LogP contribution in [0.5, 0.6) is 0 Å². The van der Waals surface area contributed by atoms with Crippen LogP contribution >= 0.6 is 12.4 Å². The first-order valence-electron chi connectivity index (χ1n) is 6.49. The standard InChI is InChI=1S/C13H12FN5O3.ClH/c14-11-3-9(1-2-12(11)19-7-16-6-17-19)18-5-10(4-15-8-20)22-13(18)21;/h1-3,6-8,10H,4-5H2,(H,15,20);1H. The Bertz CT molecular complexity index is 697. The predicted molar refractivity (Wildman–Crippen MR) is 80.2 cm³/mol. The zero-order valence-corrected chi connectivity index (χ0v) is 12.6. The normalized spacial score (nSPS) is 16.7. The number of hydrogen-bond donors (Lipinski definition) is 1. The van der Waals surface area contributed by atoms with Crippen molar-refractivity contribution in [1.29, 1.82) is 0 Å². The number of carbonyl (C=O) groups excluding carboxylic acids is 2. The molecule has 1 aliphatic heterocycles. The summed E-state index contributed by atoms with van der Waals surface area (Å²) in [6.07, 6.45) is 2.17. The molecule has 3 rings (SSSR count). The van der Waals surface area contributed by atoms with Gasteiger partial charge in [-0.3, -0.25) is 9.69 Å². The van der Waals surface area contributed by atoms with Crippen LogP contribution in [-0.2, 0) is 9.53 Å². The Morgan fingerprint density at radius 3 is 2.96 bits per heavy atom. The number of nitrogens with zero attached hydrogens (tertiary/aromatic N) is 4. The molecular weight excluding hydrogens is 329 g/mol. The molecule has 1 aromatic carbocycles. The fraction of sp³-hybridized carbons (Fsp3) is 0.231. The van der Waals surface area contributed by atoms with Gasteiger partial charge in [-0.15, -0.1) is 12.4 Å². The third kappa shape index (κ3) is 3.39. The van der Waals surface area contributed by atoms with Crippen LogP contribution < -0.4 is 10.2 Å². The lowest BCUT2D eigenvalue weighted by Gasteiger charge is -2.14. The maximum atomic E-state index is 14.2. The highest BCUT2D eigenvalue weighted by molar-refractivity contribution is 5.89. The van der Waals surface area contributed by atoms with Gasteiger partial charge in [-0.2, -0.15) is 5.10 Å². The molecule has 2 amide bonds. The second-order valence-electron chi connectivity index (χ2n) is 4.62. The number of hydrogen-bond acceptors (Lipinski definition) is 5. The number of nitrogens with one attached hydrogen (secondary N) is 1. The maximum absolute atomic E-state index is 14.2. The number of amides is 2. The van der Waals surface area contributed by atoms with Gasteiger partial charge in [0.15, 0.2) is 5.82 Å². The maximum Gasteiger partial charge on any atom is 0.414 e. The van der Waals surface area contributed by atoms with Crippen LogP contribution in [0.3, 0.4) is 0 Å². The van der Waals surface area contributed by atoms with Gasteiger partial charge in [0.2, 0.25) is 6.41 Å². The van der Waals surface area contributed by atoms with Gasteiger partial charge in [-0.25, -0.2) is 18.9 Å². The smallest absolute Gasteiger partial charge is 0.414 e. The molecule has 23 heavy (non-hydrogen) atoms. The third-order valence-electron chi connectivity index (χ3n) is 3.21. The monoisotopic (exact) mass is 341 g/mol. The molecule has 0 aliphatic carbocycles. The minimum atomic E-state index is -0.578. The summed E-state index contributed by atoms with van der Waals surface area (Å²) < 4.78 is 20.5. The summed E-state index contributed by atoms with van der Waals surface area (Å²) in [5.41, 5.74) is 0.605. The molecule has 2 aromatic rings. The number of rotatable bonds is 5. The van der Waals surface area contributed by atoms with E-state index in [0.29, 0.717) is 12.1 Å². The van der Waals surface area contributed by atoms with Gasteiger partial charge in [0.1, 0.15) is 24.4 Å². The zero-order valence-electron chi connectivity index (χ0n) is 11.8. The summed E-state index contributed by atoms with van der Waals surface area (Å²) in [6, 6.07) is 4.33. The fourth-order valence-electron chi connectivity index (χ4n) is 2.20. The van der Waals surface area contributed by atoms with E-state index in [2.05, 4.69) is 15.4 Å². The summed E-state index contributed by atoms with van der Waals surface area (Å²) in [5, 5.41) is 6.30. The Balaban J connectivity index is 0.00000192. The van der Waals surface area contributed by atoms with Crippen molar-refractivity contribution >= 4 is 30.6 Å². The molecule has 8 nitrogen and oxygen atoms in total. The van der Waals surface area contributed by atoms with E-state index in [1.165, 1.54) is 34.4 Å². The van der Waals surface area contributed by atoms with Gasteiger partial charge in [-0.05, 0) is 18.2 Å². The quantitative estimate of drug-likeness (QED) is 0.816. The topological polar surface area (TPSA) is 89.4 Å². The lowest BCUT2D eigenvalue weighted by molar-refractivity contribution is -0.109. The number of halogens is 2. The lowest BCUT2D eigenvalue weighted by atomic mass is 10.2. The van der Waals surface area contributed by atoms with Crippen molar-refractivity contribution in [2.75, 3.05) is 18.0 Å². The molecular formula is C13H13ClFN5O3. The zero-order chi connectivity index (χ0) is 15.5. The third-order valence-corrected chi connectivity index (χ3v) is 3.21. The summed E-state index contributed by atoms with van der Waals surface area (Å²) >= 11 is 0. The van der Waals surface area contributed by atoms with Crippen molar-refractivity contribution in [3.8, 4) is 5.69 Å². The first-order valence-corrected chi connectivity index (χ1v) is 6.49. The minimum Gasteiger partial charge on any atom is -0.442 e. The van der Waals surface area contributed by atoms with E-state index < -0.39 is 18.0 Å². The number of ether oxygens (including phenoxy) is 1. The van der Waals surface area contributed by atoms with Crippen molar-refractivity contribution in [3.05, 3.63) is 36.7 Å². The molecule has 1 unspecified atom stereocenters. The number of carbonyl (C=O) groups is 2. The Hall–Kier alpha value is -2.68. The van der Waals surface area contributed by atoms with Crippen LogP contribution in [0.4, 0.5) is 14.9 Å². The fourth-order valence-corrected chi connectivity index (χ4v) is 2.20. The Morgan fingerprint density at radius 2 is 2.30 bits per heavy atom. The van der Waals surface area contributed by atoms with Crippen LogP contribution in [0.15, 0.2) is 30.9 Å². The first kappa shape index (κ1) is 16.7. The van der Waals surface area contributed by atoms with Gasteiger partial charge >= 0.3 is 6.09 Å². The van der Waals surface area contributed by atoms with E-state index in [1.54, 1.807) is 6.07 Å². The lowest BCUT2D eigenvalue weighted by Crippen LogP contribution is -2.30. The SMILES string of the molecule is Cl.O=CNCC1CN(c2ccc(-n3cncn3)c(F)c2)C(=O)O1. The van der Waals surface area contributed by atoms with Gasteiger partial charge in [-0.1, -0.05) is 0 Å². The van der Waals surface area contributed by atoms with E-state index in [1.807, 2.05) is 0 Å². The first-order chi connectivity index (χ1) is 10.7. The van der Waals surface area contributed by atoms with Crippen molar-refractivity contribution in [1.82, 2.24) is 20.1 Å². The number of aromatic nitrogens is 3. The number of cyclic esters (lactones) is 1. The molecule has 122 valence electrons. The van der Waals surface area contributed by atoms with Crippen molar-refractivity contribution in [3.63, 3.8) is 0 Å². The van der Waals surface area contributed by atoms with Gasteiger partial charge in [0.25, 0.3) is 0 Å². The van der Waals surface area contributed by atoms with Crippen molar-refractivity contribution in [2.24, 2.45) is 0 Å². The molecule has 0 bridgehead atoms. The summed E-state index contributed by atoms with van der Waals surface area (Å²) in [4.78, 5) is 27.1. The Morgan fingerprint density at radius 1 is 1.48 bits per heavy atom. The minimum absolute atomic E-state index is 0. The van der Waals surface area contributed by atoms with E-state index in [9.17, 15) is 14.0 Å². The summed E-state index contributed by atoms with van der Waals surface area (Å²) in [7, 11) is 0. The Kier molecular flexibility index (Phi) is 5.12. The highest BCUT2D eigenvalue weighted by Crippen LogP contribution is 2.25. The molecule has 1 aliphatic rings. The molecule has 2 heterocycles. The van der Waals surface area contributed by atoms with Crippen LogP contribution in [0.1, 0.15) is 0 Å². The van der Waals surface area contributed by atoms with Gasteiger partial charge in [0.05, 0.1) is 18.8 Å². The highest BCUT2D eigenvalue weighted by atomic mass is 35.5. The molecule has 1 aromatic heterocycles.